The van der Waals surface area contributed by atoms with Crippen LogP contribution in [-0.4, -0.2) is 10.8 Å². The lowest BCUT2D eigenvalue weighted by Crippen LogP contribution is -2.05. The molecule has 5 aromatic rings. The number of nitrogens with zero attached hydrogens (tertiary/aromatic N) is 1. The van der Waals surface area contributed by atoms with Crippen LogP contribution < -0.4 is 0 Å². The first-order chi connectivity index (χ1) is 16.6. The number of halogens is 1. The van der Waals surface area contributed by atoms with Gasteiger partial charge in [0.2, 0.25) is 0 Å². The summed E-state index contributed by atoms with van der Waals surface area (Å²) in [5.74, 6) is -0.0611. The molecule has 0 atom stereocenters. The monoisotopic (exact) mass is 459 g/mol. The number of rotatable bonds is 4. The molecule has 0 saturated carbocycles. The highest BCUT2D eigenvalue weighted by Crippen LogP contribution is 2.36. The average Bonchev–Trinajstić information content (AvgIpc) is 3.28. The third kappa shape index (κ3) is 3.43. The van der Waals surface area contributed by atoms with Crippen LogP contribution in [0.1, 0.15) is 32.7 Å². The van der Waals surface area contributed by atoms with Gasteiger partial charge in [0.25, 0.3) is 0 Å². The van der Waals surface area contributed by atoms with Crippen molar-refractivity contribution in [3.8, 4) is 11.1 Å². The van der Waals surface area contributed by atoms with Crippen molar-refractivity contribution in [2.45, 2.75) is 19.8 Å². The Morgan fingerprint density at radius 2 is 1.68 bits per heavy atom. The Bertz CT molecular complexity index is 1620. The molecule has 0 spiro atoms. The van der Waals surface area contributed by atoms with Gasteiger partial charge in [0.1, 0.15) is 0 Å². The summed E-state index contributed by atoms with van der Waals surface area (Å²) in [7, 11) is 0. The Labute approximate surface area is 203 Å². The van der Waals surface area contributed by atoms with Gasteiger partial charge in [0.15, 0.2) is 5.78 Å². The van der Waals surface area contributed by atoms with Crippen LogP contribution in [0.25, 0.3) is 38.9 Å². The molecule has 0 amide bonds. The molecule has 4 aromatic carbocycles. The van der Waals surface area contributed by atoms with E-state index in [0.717, 1.165) is 40.4 Å². The summed E-state index contributed by atoms with van der Waals surface area (Å²) in [5.41, 5.74) is 7.86. The maximum Gasteiger partial charge on any atom is 0.188 e. The molecule has 1 aromatic heterocycles. The van der Waals surface area contributed by atoms with E-state index in [1.807, 2.05) is 61.5 Å². The fourth-order valence-corrected chi connectivity index (χ4v) is 5.40. The normalized spacial score (nSPS) is 12.8. The number of hydrogen-bond donors (Lipinski definition) is 0. The lowest BCUT2D eigenvalue weighted by atomic mass is 9.91. The van der Waals surface area contributed by atoms with Crippen molar-refractivity contribution >= 4 is 45.1 Å². The van der Waals surface area contributed by atoms with E-state index < -0.39 is 0 Å². The number of hydrogen-bond acceptors (Lipinski definition) is 2. The van der Waals surface area contributed by atoms with E-state index in [4.69, 9.17) is 16.6 Å². The van der Waals surface area contributed by atoms with Crippen molar-refractivity contribution in [3.63, 3.8) is 0 Å². The number of aromatic nitrogens is 1. The number of fused-ring (bicyclic) bond motifs is 1. The van der Waals surface area contributed by atoms with E-state index in [9.17, 15) is 4.79 Å². The topological polar surface area (TPSA) is 30.0 Å². The van der Waals surface area contributed by atoms with Crippen LogP contribution >= 0.6 is 11.6 Å². The van der Waals surface area contributed by atoms with Gasteiger partial charge in [-0.2, -0.15) is 0 Å². The molecule has 0 unspecified atom stereocenters. The minimum atomic E-state index is -0.0611. The second-order valence-corrected chi connectivity index (χ2v) is 9.26. The number of pyridine rings is 1. The lowest BCUT2D eigenvalue weighted by Gasteiger charge is -2.14. The second kappa shape index (κ2) is 8.23. The maximum atomic E-state index is 13.7. The van der Waals surface area contributed by atoms with E-state index in [0.29, 0.717) is 16.3 Å². The quantitative estimate of drug-likeness (QED) is 0.201. The van der Waals surface area contributed by atoms with Gasteiger partial charge in [-0.25, -0.2) is 0 Å². The smallest absolute Gasteiger partial charge is 0.188 e. The van der Waals surface area contributed by atoms with E-state index in [1.165, 1.54) is 21.9 Å². The average molecular weight is 460 g/mol. The Morgan fingerprint density at radius 1 is 0.882 bits per heavy atom. The van der Waals surface area contributed by atoms with Crippen LogP contribution in [-0.2, 0) is 12.8 Å². The number of carbonyl (C=O) groups is 1. The van der Waals surface area contributed by atoms with Crippen LogP contribution in [0.2, 0.25) is 5.02 Å². The van der Waals surface area contributed by atoms with Crippen molar-refractivity contribution in [2.24, 2.45) is 0 Å². The SMILES string of the molecule is Cc1nc2ccc(Cl)cc2c(-c2ccccc2)c1C(=O)C=Cc1ccc2c3c(cccc13)CC2. The molecule has 34 heavy (non-hydrogen) atoms. The van der Waals surface area contributed by atoms with Gasteiger partial charge in [-0.05, 0) is 77.1 Å². The molecule has 0 bridgehead atoms. The Balaban J connectivity index is 1.51. The second-order valence-electron chi connectivity index (χ2n) is 8.83. The number of benzene rings is 4. The zero-order chi connectivity index (χ0) is 23.2. The largest absolute Gasteiger partial charge is 0.289 e. The summed E-state index contributed by atoms with van der Waals surface area (Å²) in [6.07, 6.45) is 5.80. The first-order valence-electron chi connectivity index (χ1n) is 11.5. The number of ketones is 1. The van der Waals surface area contributed by atoms with Crippen molar-refractivity contribution in [1.29, 1.82) is 0 Å². The zero-order valence-corrected chi connectivity index (χ0v) is 19.6. The van der Waals surface area contributed by atoms with E-state index in [2.05, 4.69) is 30.3 Å². The Morgan fingerprint density at radius 3 is 2.50 bits per heavy atom. The summed E-state index contributed by atoms with van der Waals surface area (Å²) in [6.45, 7) is 1.90. The maximum absolute atomic E-state index is 13.7. The molecule has 1 aliphatic carbocycles. The molecule has 0 fully saturated rings. The fourth-order valence-electron chi connectivity index (χ4n) is 5.23. The third-order valence-electron chi connectivity index (χ3n) is 6.76. The summed E-state index contributed by atoms with van der Waals surface area (Å²) >= 11 is 6.35. The first kappa shape index (κ1) is 20.8. The van der Waals surface area contributed by atoms with Crippen LogP contribution in [0.5, 0.6) is 0 Å². The highest BCUT2D eigenvalue weighted by atomic mass is 35.5. The van der Waals surface area contributed by atoms with Gasteiger partial charge in [0.05, 0.1) is 11.1 Å². The summed E-state index contributed by atoms with van der Waals surface area (Å²) < 4.78 is 0. The van der Waals surface area contributed by atoms with E-state index in [-0.39, 0.29) is 5.78 Å². The van der Waals surface area contributed by atoms with Crippen LogP contribution in [0.15, 0.2) is 84.9 Å². The van der Waals surface area contributed by atoms with Crippen LogP contribution in [0.4, 0.5) is 0 Å². The van der Waals surface area contributed by atoms with Gasteiger partial charge in [-0.15, -0.1) is 0 Å². The molecule has 3 heteroatoms. The van der Waals surface area contributed by atoms with Crippen molar-refractivity contribution in [1.82, 2.24) is 4.98 Å². The van der Waals surface area contributed by atoms with Crippen molar-refractivity contribution in [3.05, 3.63) is 118 Å². The minimum Gasteiger partial charge on any atom is -0.289 e. The first-order valence-corrected chi connectivity index (χ1v) is 11.9. The molecule has 1 aliphatic rings. The van der Waals surface area contributed by atoms with Crippen LogP contribution in [0.3, 0.4) is 0 Å². The Kier molecular flexibility index (Phi) is 5.04. The highest BCUT2D eigenvalue weighted by molar-refractivity contribution is 6.31. The number of allylic oxidation sites excluding steroid dienone is 1. The molecule has 0 saturated heterocycles. The predicted molar refractivity (Wildman–Crippen MR) is 142 cm³/mol. The van der Waals surface area contributed by atoms with Gasteiger partial charge >= 0.3 is 0 Å². The third-order valence-corrected chi connectivity index (χ3v) is 7.00. The predicted octanol–water partition coefficient (Wildman–Crippen LogP) is 8.01. The van der Waals surface area contributed by atoms with E-state index in [1.54, 1.807) is 6.08 Å². The van der Waals surface area contributed by atoms with Gasteiger partial charge in [-0.1, -0.05) is 78.3 Å². The molecule has 6 rings (SSSR count). The van der Waals surface area contributed by atoms with Gasteiger partial charge in [0, 0.05) is 21.7 Å². The molecule has 0 aliphatic heterocycles. The van der Waals surface area contributed by atoms with Crippen LogP contribution in [0, 0.1) is 6.92 Å². The van der Waals surface area contributed by atoms with Gasteiger partial charge < -0.3 is 0 Å². The zero-order valence-electron chi connectivity index (χ0n) is 18.8. The highest BCUT2D eigenvalue weighted by Gasteiger charge is 2.20. The molecular formula is C31H22ClNO. The summed E-state index contributed by atoms with van der Waals surface area (Å²) in [6, 6.07) is 26.4. The lowest BCUT2D eigenvalue weighted by molar-refractivity contribution is 0.104. The minimum absolute atomic E-state index is 0.0611. The summed E-state index contributed by atoms with van der Waals surface area (Å²) in [5, 5.41) is 4.06. The molecule has 164 valence electrons. The number of aryl methyl sites for hydroxylation is 3. The standard InChI is InChI=1S/C31H22ClNO/c1-19-29(31(21-6-3-2-4-7-21)26-18-24(32)15-16-27(26)33-19)28(34)17-14-20-10-11-23-13-12-22-8-5-9-25(20)30(22)23/h2-11,14-18H,12-13H2,1H3. The van der Waals surface area contributed by atoms with E-state index >= 15 is 0 Å². The molecule has 0 N–H and O–H groups in total. The molecule has 1 heterocycles. The van der Waals surface area contributed by atoms with Crippen molar-refractivity contribution < 1.29 is 4.79 Å². The molecule has 0 radical (unpaired) electrons. The number of carbonyl (C=O) groups excluding carboxylic acids is 1. The van der Waals surface area contributed by atoms with Gasteiger partial charge in [-0.3, -0.25) is 9.78 Å². The summed E-state index contributed by atoms with van der Waals surface area (Å²) in [4.78, 5) is 18.4. The molecular weight excluding hydrogens is 438 g/mol. The van der Waals surface area contributed by atoms with Crippen molar-refractivity contribution in [2.75, 3.05) is 0 Å². The molecule has 2 nitrogen and oxygen atoms in total. The fraction of sp³-hybridized carbons (Fsp3) is 0.0968. The Hall–Kier alpha value is -3.75.